The van der Waals surface area contributed by atoms with Crippen molar-refractivity contribution >= 4 is 29.1 Å². The van der Waals surface area contributed by atoms with Gasteiger partial charge >= 0.3 is 0 Å². The Bertz CT molecular complexity index is 642. The van der Waals surface area contributed by atoms with E-state index < -0.39 is 0 Å². The van der Waals surface area contributed by atoms with Crippen molar-refractivity contribution in [2.24, 2.45) is 0 Å². The largest absolute Gasteiger partial charge is 0.335 e. The third-order valence-electron chi connectivity index (χ3n) is 3.58. The van der Waals surface area contributed by atoms with Crippen molar-refractivity contribution in [3.8, 4) is 0 Å². The number of halogens is 2. The van der Waals surface area contributed by atoms with Crippen molar-refractivity contribution in [3.63, 3.8) is 0 Å². The van der Waals surface area contributed by atoms with Gasteiger partial charge in [-0.3, -0.25) is 4.79 Å². The summed E-state index contributed by atoms with van der Waals surface area (Å²) in [5.41, 5.74) is 2.50. The van der Waals surface area contributed by atoms with Crippen molar-refractivity contribution in [1.29, 1.82) is 0 Å². The van der Waals surface area contributed by atoms with Crippen molar-refractivity contribution in [2.45, 2.75) is 18.8 Å². The van der Waals surface area contributed by atoms with Crippen LogP contribution in [0.1, 0.15) is 34.5 Å². The normalized spacial score (nSPS) is 12.0. The minimum Gasteiger partial charge on any atom is -0.335 e. The minimum atomic E-state index is -0.106. The predicted octanol–water partition coefficient (Wildman–Crippen LogP) is 4.91. The molecule has 2 aromatic carbocycles. The highest BCUT2D eigenvalue weighted by molar-refractivity contribution is 6.31. The summed E-state index contributed by atoms with van der Waals surface area (Å²) in [6.45, 7) is 1.96. The molecular formula is C17H17Cl2NO. The lowest BCUT2D eigenvalue weighted by Crippen LogP contribution is -2.29. The summed E-state index contributed by atoms with van der Waals surface area (Å²) >= 11 is 12.0. The quantitative estimate of drug-likeness (QED) is 0.732. The fraction of sp³-hybridized carbons (Fsp3) is 0.235. The highest BCUT2D eigenvalue weighted by atomic mass is 35.5. The molecule has 2 rings (SSSR count). The zero-order valence-corrected chi connectivity index (χ0v) is 13.5. The molecule has 0 heterocycles. The zero-order valence-electron chi connectivity index (χ0n) is 12.0. The number of benzene rings is 2. The molecular weight excluding hydrogens is 305 g/mol. The average Bonchev–Trinajstić information content (AvgIpc) is 2.53. The Hall–Kier alpha value is -1.51. The Morgan fingerprint density at radius 2 is 1.90 bits per heavy atom. The first-order valence-corrected chi connectivity index (χ1v) is 7.62. The Kier molecular flexibility index (Phi) is 5.27. The molecule has 0 radical (unpaired) electrons. The van der Waals surface area contributed by atoms with Crippen molar-refractivity contribution in [1.82, 2.24) is 4.90 Å². The van der Waals surface area contributed by atoms with E-state index in [9.17, 15) is 4.79 Å². The topological polar surface area (TPSA) is 20.3 Å². The standard InChI is InChI=1S/C17H17Cl2NO/c1-12(15-8-3-4-9-16(15)19)20(2)17(21)14-7-5-6-13(10-14)11-18/h3-10,12H,11H2,1-2H3. The van der Waals surface area contributed by atoms with Crippen LogP contribution in [0.15, 0.2) is 48.5 Å². The number of carbonyl (C=O) groups excluding carboxylic acids is 1. The van der Waals surface area contributed by atoms with E-state index >= 15 is 0 Å². The van der Waals surface area contributed by atoms with Gasteiger partial charge in [0.05, 0.1) is 6.04 Å². The molecule has 0 spiro atoms. The summed E-state index contributed by atoms with van der Waals surface area (Å²) in [6, 6.07) is 14.8. The molecule has 1 atom stereocenters. The molecule has 110 valence electrons. The number of hydrogen-bond donors (Lipinski definition) is 0. The van der Waals surface area contributed by atoms with Gasteiger partial charge in [0, 0.05) is 23.5 Å². The molecule has 0 bridgehead atoms. The van der Waals surface area contributed by atoms with Crippen LogP contribution in [-0.4, -0.2) is 17.9 Å². The first kappa shape index (κ1) is 15.9. The van der Waals surface area contributed by atoms with E-state index in [-0.39, 0.29) is 11.9 Å². The van der Waals surface area contributed by atoms with Gasteiger partial charge < -0.3 is 4.90 Å². The van der Waals surface area contributed by atoms with Gasteiger partial charge in [-0.2, -0.15) is 0 Å². The van der Waals surface area contributed by atoms with E-state index in [1.165, 1.54) is 0 Å². The minimum absolute atomic E-state index is 0.0469. The molecule has 1 amide bonds. The average molecular weight is 322 g/mol. The van der Waals surface area contributed by atoms with Gasteiger partial charge in [-0.05, 0) is 36.2 Å². The SMILES string of the molecule is CC(c1ccccc1Cl)N(C)C(=O)c1cccc(CCl)c1. The smallest absolute Gasteiger partial charge is 0.254 e. The van der Waals surface area contributed by atoms with E-state index in [2.05, 4.69) is 0 Å². The summed E-state index contributed by atoms with van der Waals surface area (Å²) in [7, 11) is 1.78. The summed E-state index contributed by atoms with van der Waals surface area (Å²) < 4.78 is 0. The van der Waals surface area contributed by atoms with Gasteiger partial charge in [-0.1, -0.05) is 41.9 Å². The summed E-state index contributed by atoms with van der Waals surface area (Å²) in [5.74, 6) is 0.347. The zero-order chi connectivity index (χ0) is 15.4. The molecule has 4 heteroatoms. The predicted molar refractivity (Wildman–Crippen MR) is 88.0 cm³/mol. The van der Waals surface area contributed by atoms with Gasteiger partial charge in [0.15, 0.2) is 0 Å². The molecule has 0 aliphatic heterocycles. The third-order valence-corrected chi connectivity index (χ3v) is 4.24. The monoisotopic (exact) mass is 321 g/mol. The maximum Gasteiger partial charge on any atom is 0.254 e. The Morgan fingerprint density at radius 1 is 1.19 bits per heavy atom. The van der Waals surface area contributed by atoms with E-state index in [4.69, 9.17) is 23.2 Å². The summed E-state index contributed by atoms with van der Waals surface area (Å²) in [5, 5.41) is 0.666. The van der Waals surface area contributed by atoms with Crippen molar-refractivity contribution < 1.29 is 4.79 Å². The summed E-state index contributed by atoms with van der Waals surface area (Å²) in [6.07, 6.45) is 0. The van der Waals surface area contributed by atoms with Crippen LogP contribution in [0.3, 0.4) is 0 Å². The second-order valence-electron chi connectivity index (χ2n) is 4.95. The van der Waals surface area contributed by atoms with Crippen LogP contribution < -0.4 is 0 Å². The number of carbonyl (C=O) groups is 1. The highest BCUT2D eigenvalue weighted by Crippen LogP contribution is 2.27. The lowest BCUT2D eigenvalue weighted by atomic mass is 10.1. The first-order valence-electron chi connectivity index (χ1n) is 6.71. The molecule has 2 nitrogen and oxygen atoms in total. The van der Waals surface area contributed by atoms with Crippen LogP contribution in [-0.2, 0) is 5.88 Å². The fourth-order valence-corrected chi connectivity index (χ4v) is 2.65. The van der Waals surface area contributed by atoms with Crippen LogP contribution in [0.5, 0.6) is 0 Å². The van der Waals surface area contributed by atoms with Crippen molar-refractivity contribution in [2.75, 3.05) is 7.05 Å². The van der Waals surface area contributed by atoms with Gasteiger partial charge in [-0.25, -0.2) is 0 Å². The molecule has 0 saturated heterocycles. The molecule has 1 unspecified atom stereocenters. The Balaban J connectivity index is 2.24. The second kappa shape index (κ2) is 6.97. The molecule has 0 aliphatic rings. The Morgan fingerprint density at radius 3 is 2.57 bits per heavy atom. The van der Waals surface area contributed by atoms with Crippen molar-refractivity contribution in [3.05, 3.63) is 70.2 Å². The maximum atomic E-state index is 12.6. The van der Waals surface area contributed by atoms with Gasteiger partial charge in [0.25, 0.3) is 5.91 Å². The molecule has 21 heavy (non-hydrogen) atoms. The number of nitrogens with zero attached hydrogens (tertiary/aromatic N) is 1. The van der Waals surface area contributed by atoms with Gasteiger partial charge in [-0.15, -0.1) is 11.6 Å². The molecule has 0 N–H and O–H groups in total. The number of hydrogen-bond acceptors (Lipinski definition) is 1. The van der Waals surface area contributed by atoms with Crippen LogP contribution in [0.2, 0.25) is 5.02 Å². The molecule has 0 fully saturated rings. The lowest BCUT2D eigenvalue weighted by molar-refractivity contribution is 0.0742. The molecule has 2 aromatic rings. The second-order valence-corrected chi connectivity index (χ2v) is 5.62. The molecule has 0 saturated carbocycles. The maximum absolute atomic E-state index is 12.6. The van der Waals surface area contributed by atoms with Gasteiger partial charge in [0.2, 0.25) is 0 Å². The van der Waals surface area contributed by atoms with E-state index in [0.717, 1.165) is 11.1 Å². The first-order chi connectivity index (χ1) is 10.0. The number of amides is 1. The van der Waals surface area contributed by atoms with Crippen LogP contribution in [0.4, 0.5) is 0 Å². The van der Waals surface area contributed by atoms with E-state index in [0.29, 0.717) is 16.5 Å². The molecule has 0 aromatic heterocycles. The summed E-state index contributed by atoms with van der Waals surface area (Å²) in [4.78, 5) is 14.3. The third kappa shape index (κ3) is 3.58. The Labute approximate surface area is 135 Å². The lowest BCUT2D eigenvalue weighted by Gasteiger charge is -2.26. The molecule has 0 aliphatic carbocycles. The van der Waals surface area contributed by atoms with Crippen LogP contribution in [0.25, 0.3) is 0 Å². The van der Waals surface area contributed by atoms with Crippen LogP contribution in [0, 0.1) is 0 Å². The van der Waals surface area contributed by atoms with Crippen LogP contribution >= 0.6 is 23.2 Å². The number of rotatable bonds is 4. The van der Waals surface area contributed by atoms with E-state index in [1.807, 2.05) is 49.4 Å². The van der Waals surface area contributed by atoms with Gasteiger partial charge in [0.1, 0.15) is 0 Å². The highest BCUT2D eigenvalue weighted by Gasteiger charge is 2.20. The van der Waals surface area contributed by atoms with E-state index in [1.54, 1.807) is 18.0 Å². The number of alkyl halides is 1. The fourth-order valence-electron chi connectivity index (χ4n) is 2.19.